The molecular formula is C37H31NO4. The smallest absolute Gasteiger partial charge is 0.251 e. The Labute approximate surface area is 244 Å². The fourth-order valence-corrected chi connectivity index (χ4v) is 6.03. The normalized spacial score (nSPS) is 12.4. The van der Waals surface area contributed by atoms with E-state index in [-0.39, 0.29) is 5.56 Å². The van der Waals surface area contributed by atoms with Gasteiger partial charge in [0, 0.05) is 17.0 Å². The number of aromatic nitrogens is 1. The molecule has 5 nitrogen and oxygen atoms in total. The van der Waals surface area contributed by atoms with Crippen LogP contribution in [0.25, 0.3) is 43.9 Å². The van der Waals surface area contributed by atoms with Gasteiger partial charge in [0.2, 0.25) is 0 Å². The second-order valence-corrected chi connectivity index (χ2v) is 11.0. The topological polar surface area (TPSA) is 49.7 Å². The van der Waals surface area contributed by atoms with Gasteiger partial charge in [0.05, 0.1) is 26.3 Å². The minimum absolute atomic E-state index is 0.0621. The lowest BCUT2D eigenvalue weighted by atomic mass is 9.92. The highest BCUT2D eigenvalue weighted by atomic mass is 16.5. The fourth-order valence-electron chi connectivity index (χ4n) is 6.03. The maximum Gasteiger partial charge on any atom is 0.251 e. The summed E-state index contributed by atoms with van der Waals surface area (Å²) in [7, 11) is 3.33. The van der Waals surface area contributed by atoms with E-state index in [1.165, 1.54) is 21.9 Å². The van der Waals surface area contributed by atoms with Gasteiger partial charge >= 0.3 is 0 Å². The van der Waals surface area contributed by atoms with Crippen LogP contribution in [-0.2, 0) is 13.2 Å². The predicted octanol–water partition coefficient (Wildman–Crippen LogP) is 8.06. The first-order valence-electron chi connectivity index (χ1n) is 14.1. The van der Waals surface area contributed by atoms with E-state index >= 15 is 0 Å². The Morgan fingerprint density at radius 2 is 1.24 bits per heavy atom. The van der Waals surface area contributed by atoms with E-state index in [0.29, 0.717) is 18.9 Å². The molecule has 0 saturated carbocycles. The third kappa shape index (κ3) is 4.29. The van der Waals surface area contributed by atoms with Crippen LogP contribution in [0.15, 0.2) is 95.8 Å². The number of rotatable bonds is 4. The summed E-state index contributed by atoms with van der Waals surface area (Å²) in [4.78, 5) is 13.6. The number of pyridine rings is 1. The van der Waals surface area contributed by atoms with Crippen molar-refractivity contribution in [2.45, 2.75) is 27.0 Å². The molecule has 0 radical (unpaired) electrons. The Hall–Kier alpha value is -5.03. The molecule has 6 aromatic rings. The number of aryl methyl sites for hydroxylation is 2. The molecule has 1 aliphatic rings. The van der Waals surface area contributed by atoms with Gasteiger partial charge in [-0.3, -0.25) is 4.79 Å². The van der Waals surface area contributed by atoms with Crippen molar-refractivity contribution >= 4 is 21.7 Å². The molecule has 0 fully saturated rings. The maximum atomic E-state index is 13.6. The second-order valence-electron chi connectivity index (χ2n) is 11.0. The summed E-state index contributed by atoms with van der Waals surface area (Å²) in [6, 6.07) is 30.7. The zero-order chi connectivity index (χ0) is 29.0. The summed E-state index contributed by atoms with van der Waals surface area (Å²) in [6.45, 7) is 5.14. The van der Waals surface area contributed by atoms with E-state index in [2.05, 4.69) is 56.3 Å². The Bertz CT molecular complexity index is 2060. The van der Waals surface area contributed by atoms with Gasteiger partial charge in [-0.15, -0.1) is 0 Å². The Morgan fingerprint density at radius 3 is 1.83 bits per heavy atom. The molecule has 0 saturated heterocycles. The lowest BCUT2D eigenvalue weighted by Crippen LogP contribution is -2.23. The maximum absolute atomic E-state index is 13.6. The monoisotopic (exact) mass is 553 g/mol. The fraction of sp³-hybridized carbons (Fsp3) is 0.162. The highest BCUT2D eigenvalue weighted by molar-refractivity contribution is 6.03. The number of hydrogen-bond donors (Lipinski definition) is 0. The summed E-state index contributed by atoms with van der Waals surface area (Å²) >= 11 is 0. The van der Waals surface area contributed by atoms with Gasteiger partial charge in [-0.25, -0.2) is 0 Å². The average Bonchev–Trinajstić information content (AvgIpc) is 3.01. The van der Waals surface area contributed by atoms with Crippen LogP contribution in [0.1, 0.15) is 22.3 Å². The van der Waals surface area contributed by atoms with Crippen LogP contribution in [0.2, 0.25) is 0 Å². The molecule has 5 aromatic carbocycles. The van der Waals surface area contributed by atoms with Crippen molar-refractivity contribution in [3.05, 3.63) is 124 Å². The van der Waals surface area contributed by atoms with Crippen molar-refractivity contribution in [3.8, 4) is 39.5 Å². The van der Waals surface area contributed by atoms with Gasteiger partial charge < -0.3 is 18.8 Å². The van der Waals surface area contributed by atoms with Gasteiger partial charge in [0.15, 0.2) is 5.75 Å². The predicted molar refractivity (Wildman–Crippen MR) is 169 cm³/mol. The van der Waals surface area contributed by atoms with Crippen LogP contribution in [0.4, 0.5) is 0 Å². The van der Waals surface area contributed by atoms with Crippen molar-refractivity contribution in [1.29, 1.82) is 0 Å². The Kier molecular flexibility index (Phi) is 6.23. The molecule has 0 aliphatic carbocycles. The van der Waals surface area contributed by atoms with Crippen molar-refractivity contribution in [2.24, 2.45) is 0 Å². The second kappa shape index (κ2) is 10.1. The van der Waals surface area contributed by atoms with Crippen molar-refractivity contribution in [2.75, 3.05) is 14.2 Å². The summed E-state index contributed by atoms with van der Waals surface area (Å²) in [6.07, 6.45) is 0. The van der Waals surface area contributed by atoms with Gasteiger partial charge in [-0.05, 0) is 112 Å². The molecule has 0 N–H and O–H groups in total. The minimum Gasteiger partial charge on any atom is -0.497 e. The third-order valence-corrected chi connectivity index (χ3v) is 8.50. The lowest BCUT2D eigenvalue weighted by molar-refractivity contribution is 0.306. The molecule has 42 heavy (non-hydrogen) atoms. The number of ether oxygens (including phenoxy) is 3. The first kappa shape index (κ1) is 25.9. The number of nitrogens with zero attached hydrogens (tertiary/aromatic N) is 1. The summed E-state index contributed by atoms with van der Waals surface area (Å²) in [5, 5.41) is 3.31. The Morgan fingerprint density at radius 1 is 0.667 bits per heavy atom. The van der Waals surface area contributed by atoms with E-state index < -0.39 is 0 Å². The van der Waals surface area contributed by atoms with Crippen LogP contribution < -0.4 is 19.8 Å². The van der Waals surface area contributed by atoms with Gasteiger partial charge in [-0.2, -0.15) is 0 Å². The number of methoxy groups -OCH3 is 2. The quantitative estimate of drug-likeness (QED) is 0.222. The Balaban J connectivity index is 1.52. The van der Waals surface area contributed by atoms with Crippen LogP contribution in [0, 0.1) is 13.8 Å². The molecule has 1 aliphatic heterocycles. The molecule has 2 heterocycles. The van der Waals surface area contributed by atoms with Gasteiger partial charge in [0.1, 0.15) is 18.1 Å². The molecule has 0 amide bonds. The molecule has 208 valence electrons. The number of hydrogen-bond acceptors (Lipinski definition) is 4. The van der Waals surface area contributed by atoms with Crippen LogP contribution in [0.5, 0.6) is 17.2 Å². The third-order valence-electron chi connectivity index (χ3n) is 8.50. The van der Waals surface area contributed by atoms with Crippen LogP contribution in [-0.4, -0.2) is 18.8 Å². The van der Waals surface area contributed by atoms with Crippen LogP contribution in [0.3, 0.4) is 0 Å². The van der Waals surface area contributed by atoms with E-state index in [0.717, 1.165) is 55.8 Å². The van der Waals surface area contributed by atoms with E-state index in [1.807, 2.05) is 47.0 Å². The average molecular weight is 554 g/mol. The highest BCUT2D eigenvalue weighted by Crippen LogP contribution is 2.44. The molecular weight excluding hydrogens is 522 g/mol. The molecule has 7 rings (SSSR count). The molecule has 5 heteroatoms. The van der Waals surface area contributed by atoms with E-state index in [9.17, 15) is 4.79 Å². The largest absolute Gasteiger partial charge is 0.497 e. The van der Waals surface area contributed by atoms with Crippen LogP contribution >= 0.6 is 0 Å². The number of benzene rings is 5. The van der Waals surface area contributed by atoms with Crippen molar-refractivity contribution < 1.29 is 14.2 Å². The molecule has 0 atom stereocenters. The standard InChI is InChI=1S/C37H31NO4/c1-22-15-26-17-28-20-38-35(39)14-13-32-33(24-5-9-30(40-3)10-6-24)19-34(25-7-11-31(41-4)12-8-25)37(36(32)38)42-21-29(28)18-27(26)16-23(22)2/h5-19H,20-21H2,1-4H3. The number of fused-ring (bicyclic) bond motifs is 2. The molecule has 1 aromatic heterocycles. The molecule has 0 bridgehead atoms. The van der Waals surface area contributed by atoms with E-state index in [4.69, 9.17) is 14.2 Å². The lowest BCUT2D eigenvalue weighted by Gasteiger charge is -2.25. The highest BCUT2D eigenvalue weighted by Gasteiger charge is 2.23. The zero-order valence-electron chi connectivity index (χ0n) is 24.2. The summed E-state index contributed by atoms with van der Waals surface area (Å²) in [5.74, 6) is 2.27. The minimum atomic E-state index is -0.0621. The summed E-state index contributed by atoms with van der Waals surface area (Å²) < 4.78 is 19.5. The SMILES string of the molecule is COc1ccc(-c2cc(-c3ccc(OC)cc3)c3ccc(=O)n4c3c2OCc2cc3cc(C)c(C)cc3cc2C4)cc1. The van der Waals surface area contributed by atoms with Gasteiger partial charge in [0.25, 0.3) is 5.56 Å². The first-order chi connectivity index (χ1) is 20.4. The zero-order valence-corrected chi connectivity index (χ0v) is 24.2. The summed E-state index contributed by atoms with van der Waals surface area (Å²) in [5.41, 5.74) is 9.37. The molecule has 0 spiro atoms. The van der Waals surface area contributed by atoms with E-state index in [1.54, 1.807) is 20.3 Å². The molecule has 0 unspecified atom stereocenters. The van der Waals surface area contributed by atoms with Crippen molar-refractivity contribution in [3.63, 3.8) is 0 Å². The van der Waals surface area contributed by atoms with Gasteiger partial charge in [-0.1, -0.05) is 36.4 Å². The van der Waals surface area contributed by atoms with Crippen molar-refractivity contribution in [1.82, 2.24) is 4.57 Å². The first-order valence-corrected chi connectivity index (χ1v) is 14.1.